The van der Waals surface area contributed by atoms with Gasteiger partial charge in [-0.2, -0.15) is 0 Å². The van der Waals surface area contributed by atoms with Crippen LogP contribution in [-0.4, -0.2) is 34.9 Å². The van der Waals surface area contributed by atoms with Crippen LogP contribution in [0.3, 0.4) is 0 Å². The van der Waals surface area contributed by atoms with Gasteiger partial charge in [0.05, 0.1) is 18.8 Å². The molecule has 0 fully saturated rings. The fraction of sp³-hybridized carbons (Fsp3) is 0.886. The molecule has 0 saturated carbocycles. The van der Waals surface area contributed by atoms with E-state index in [2.05, 4.69) is 31.3 Å². The minimum absolute atomic E-state index is 0.0649. The van der Waals surface area contributed by atoms with Gasteiger partial charge in [-0.3, -0.25) is 4.79 Å². The highest BCUT2D eigenvalue weighted by Crippen LogP contribution is 2.15. The minimum Gasteiger partial charge on any atom is -0.394 e. The highest BCUT2D eigenvalue weighted by Gasteiger charge is 2.17. The van der Waals surface area contributed by atoms with E-state index in [9.17, 15) is 15.0 Å². The first-order valence-electron chi connectivity index (χ1n) is 21.6. The number of carbonyl (C=O) groups excluding carboxylic acids is 1. The van der Waals surface area contributed by atoms with E-state index in [-0.39, 0.29) is 12.5 Å². The number of rotatable bonds is 39. The summed E-state index contributed by atoms with van der Waals surface area (Å²) in [6.07, 6.45) is 51.3. The number of carbonyl (C=O) groups is 1. The van der Waals surface area contributed by atoms with Gasteiger partial charge in [-0.15, -0.1) is 0 Å². The van der Waals surface area contributed by atoms with E-state index in [1.54, 1.807) is 6.08 Å². The molecule has 0 aromatic carbocycles. The van der Waals surface area contributed by atoms with Gasteiger partial charge in [0, 0.05) is 6.42 Å². The molecule has 0 aliphatic carbocycles. The summed E-state index contributed by atoms with van der Waals surface area (Å²) in [7, 11) is 0. The lowest BCUT2D eigenvalue weighted by atomic mass is 10.0. The van der Waals surface area contributed by atoms with Gasteiger partial charge in [0.15, 0.2) is 0 Å². The van der Waals surface area contributed by atoms with E-state index in [0.717, 1.165) is 25.7 Å². The minimum atomic E-state index is -0.837. The lowest BCUT2D eigenvalue weighted by molar-refractivity contribution is -0.123. The van der Waals surface area contributed by atoms with Crippen LogP contribution in [0.4, 0.5) is 0 Å². The number of unbranched alkanes of at least 4 members (excludes halogenated alkanes) is 30. The predicted octanol–water partition coefficient (Wildman–Crippen LogP) is 13.2. The van der Waals surface area contributed by atoms with Gasteiger partial charge in [-0.1, -0.05) is 205 Å². The normalized spacial score (nSPS) is 13.2. The third-order valence-corrected chi connectivity index (χ3v) is 9.93. The van der Waals surface area contributed by atoms with Crippen molar-refractivity contribution >= 4 is 5.91 Å². The zero-order chi connectivity index (χ0) is 35.0. The second-order valence-electron chi connectivity index (χ2n) is 14.8. The maximum Gasteiger partial charge on any atom is 0.220 e. The van der Waals surface area contributed by atoms with Crippen LogP contribution in [0.5, 0.6) is 0 Å². The molecule has 0 saturated heterocycles. The zero-order valence-corrected chi connectivity index (χ0v) is 32.5. The summed E-state index contributed by atoms with van der Waals surface area (Å²) in [6, 6.07) is -0.620. The number of nitrogens with one attached hydrogen (secondary N) is 1. The monoisotopic (exact) mass is 676 g/mol. The molecule has 2 atom stereocenters. The zero-order valence-electron chi connectivity index (χ0n) is 32.5. The van der Waals surface area contributed by atoms with Gasteiger partial charge in [0.25, 0.3) is 0 Å². The van der Waals surface area contributed by atoms with E-state index in [0.29, 0.717) is 6.42 Å². The molecular weight excluding hydrogens is 590 g/mol. The Morgan fingerprint density at radius 2 is 0.792 bits per heavy atom. The Kier molecular flexibility index (Phi) is 39.4. The summed E-state index contributed by atoms with van der Waals surface area (Å²) < 4.78 is 0. The molecule has 0 bridgehead atoms. The van der Waals surface area contributed by atoms with E-state index in [1.165, 1.54) is 186 Å². The van der Waals surface area contributed by atoms with Crippen molar-refractivity contribution in [3.63, 3.8) is 0 Å². The van der Waals surface area contributed by atoms with Crippen molar-refractivity contribution in [3.8, 4) is 0 Å². The number of amides is 1. The van der Waals surface area contributed by atoms with Gasteiger partial charge in [0.2, 0.25) is 5.91 Å². The van der Waals surface area contributed by atoms with Crippen molar-refractivity contribution < 1.29 is 15.0 Å². The molecule has 0 heterocycles. The van der Waals surface area contributed by atoms with Gasteiger partial charge >= 0.3 is 0 Å². The lowest BCUT2D eigenvalue weighted by Crippen LogP contribution is -2.45. The SMILES string of the molecule is CCCCCCCC/C=C/CCCCCCCCCCCC(=O)N[C@@H](CO)[C@H](O)/C=C/CCCCCCCCCCCCCCCCC. The van der Waals surface area contributed by atoms with Crippen molar-refractivity contribution in [1.82, 2.24) is 5.32 Å². The number of aliphatic hydroxyl groups excluding tert-OH is 2. The topological polar surface area (TPSA) is 69.6 Å². The van der Waals surface area contributed by atoms with Crippen molar-refractivity contribution in [2.75, 3.05) is 6.61 Å². The maximum absolute atomic E-state index is 12.4. The molecule has 0 aromatic rings. The molecule has 0 aliphatic rings. The Hall–Kier alpha value is -1.13. The number of aliphatic hydroxyl groups is 2. The molecule has 48 heavy (non-hydrogen) atoms. The van der Waals surface area contributed by atoms with E-state index < -0.39 is 12.1 Å². The summed E-state index contributed by atoms with van der Waals surface area (Å²) in [5.41, 5.74) is 0. The Morgan fingerprint density at radius 1 is 0.479 bits per heavy atom. The van der Waals surface area contributed by atoms with Crippen molar-refractivity contribution in [1.29, 1.82) is 0 Å². The number of hydrogen-bond acceptors (Lipinski definition) is 3. The standard InChI is InChI=1S/C44H85NO3/c1-3-5-7-9-11-13-15-17-19-21-22-24-26-28-30-32-34-36-38-40-44(48)45-42(41-46)43(47)39-37-35-33-31-29-27-25-23-20-18-16-14-12-10-8-6-4-2/h17,19,37,39,42-43,46-47H,3-16,18,20-36,38,40-41H2,1-2H3,(H,45,48)/b19-17+,39-37+/t42-,43+/m0/s1. The van der Waals surface area contributed by atoms with Crippen LogP contribution in [0.1, 0.15) is 232 Å². The molecule has 1 amide bonds. The molecule has 0 radical (unpaired) electrons. The smallest absolute Gasteiger partial charge is 0.220 e. The summed E-state index contributed by atoms with van der Waals surface area (Å²) in [6.45, 7) is 4.31. The highest BCUT2D eigenvalue weighted by atomic mass is 16.3. The van der Waals surface area contributed by atoms with Gasteiger partial charge in [-0.25, -0.2) is 0 Å². The average molecular weight is 676 g/mol. The molecule has 0 unspecified atom stereocenters. The second-order valence-corrected chi connectivity index (χ2v) is 14.8. The van der Waals surface area contributed by atoms with Crippen LogP contribution in [0, 0.1) is 0 Å². The molecule has 0 spiro atoms. The first kappa shape index (κ1) is 46.9. The Labute approximate surface area is 300 Å². The third kappa shape index (κ3) is 36.2. The Bertz CT molecular complexity index is 691. The molecule has 284 valence electrons. The predicted molar refractivity (Wildman–Crippen MR) is 212 cm³/mol. The molecule has 0 aromatic heterocycles. The summed E-state index contributed by atoms with van der Waals surface area (Å²) in [4.78, 5) is 12.4. The first-order valence-corrected chi connectivity index (χ1v) is 21.6. The van der Waals surface area contributed by atoms with E-state index in [1.807, 2.05) is 6.08 Å². The van der Waals surface area contributed by atoms with Crippen LogP contribution in [0.2, 0.25) is 0 Å². The second kappa shape index (κ2) is 40.3. The summed E-state index contributed by atoms with van der Waals surface area (Å²) in [5, 5.41) is 23.0. The third-order valence-electron chi connectivity index (χ3n) is 9.93. The molecule has 4 nitrogen and oxygen atoms in total. The summed E-state index contributed by atoms with van der Waals surface area (Å²) >= 11 is 0. The highest BCUT2D eigenvalue weighted by molar-refractivity contribution is 5.76. The Balaban J connectivity index is 3.56. The van der Waals surface area contributed by atoms with Crippen LogP contribution in [0.15, 0.2) is 24.3 Å². The van der Waals surface area contributed by atoms with E-state index in [4.69, 9.17) is 0 Å². The van der Waals surface area contributed by atoms with Crippen LogP contribution >= 0.6 is 0 Å². The van der Waals surface area contributed by atoms with Crippen LogP contribution < -0.4 is 5.32 Å². The first-order chi connectivity index (χ1) is 23.7. The van der Waals surface area contributed by atoms with Gasteiger partial charge < -0.3 is 15.5 Å². The van der Waals surface area contributed by atoms with Crippen molar-refractivity contribution in [3.05, 3.63) is 24.3 Å². The van der Waals surface area contributed by atoms with E-state index >= 15 is 0 Å². The largest absolute Gasteiger partial charge is 0.394 e. The van der Waals surface area contributed by atoms with Crippen molar-refractivity contribution in [2.24, 2.45) is 0 Å². The van der Waals surface area contributed by atoms with Gasteiger partial charge in [0.1, 0.15) is 0 Å². The number of hydrogen-bond donors (Lipinski definition) is 3. The Morgan fingerprint density at radius 3 is 1.15 bits per heavy atom. The molecule has 4 heteroatoms. The quantitative estimate of drug-likeness (QED) is 0.0448. The van der Waals surface area contributed by atoms with Crippen molar-refractivity contribution in [2.45, 2.75) is 244 Å². The molecule has 0 rings (SSSR count). The fourth-order valence-electron chi connectivity index (χ4n) is 6.58. The maximum atomic E-state index is 12.4. The summed E-state index contributed by atoms with van der Waals surface area (Å²) in [5.74, 6) is -0.0649. The fourth-order valence-corrected chi connectivity index (χ4v) is 6.58. The van der Waals surface area contributed by atoms with Crippen LogP contribution in [-0.2, 0) is 4.79 Å². The van der Waals surface area contributed by atoms with Gasteiger partial charge in [-0.05, 0) is 44.9 Å². The number of allylic oxidation sites excluding steroid dienone is 3. The average Bonchev–Trinajstić information content (AvgIpc) is 3.09. The molecular formula is C44H85NO3. The molecule has 3 N–H and O–H groups in total. The molecule has 0 aliphatic heterocycles. The lowest BCUT2D eigenvalue weighted by Gasteiger charge is -2.20. The van der Waals surface area contributed by atoms with Crippen LogP contribution in [0.25, 0.3) is 0 Å².